The minimum absolute atomic E-state index is 0.0531. The summed E-state index contributed by atoms with van der Waals surface area (Å²) in [4.78, 5) is 23.6. The highest BCUT2D eigenvalue weighted by Crippen LogP contribution is 2.13. The van der Waals surface area contributed by atoms with Gasteiger partial charge in [0.15, 0.2) is 0 Å². The predicted octanol–water partition coefficient (Wildman–Crippen LogP) is 0.187. The van der Waals surface area contributed by atoms with Crippen LogP contribution in [0.3, 0.4) is 0 Å². The molecular formula is C10H17NO4. The van der Waals surface area contributed by atoms with Crippen molar-refractivity contribution in [2.75, 3.05) is 27.3 Å². The Morgan fingerprint density at radius 2 is 2.20 bits per heavy atom. The maximum absolute atomic E-state index is 11.3. The van der Waals surface area contributed by atoms with E-state index in [2.05, 4.69) is 4.74 Å². The maximum atomic E-state index is 11.3. The molecule has 0 aliphatic carbocycles. The van der Waals surface area contributed by atoms with Crippen molar-refractivity contribution in [3.8, 4) is 0 Å². The van der Waals surface area contributed by atoms with Gasteiger partial charge in [0.25, 0.3) is 0 Å². The van der Waals surface area contributed by atoms with Gasteiger partial charge in [-0.05, 0) is 19.3 Å². The fourth-order valence-corrected chi connectivity index (χ4v) is 1.58. The highest BCUT2D eigenvalue weighted by atomic mass is 16.5. The summed E-state index contributed by atoms with van der Waals surface area (Å²) >= 11 is 0. The molecule has 1 saturated heterocycles. The van der Waals surface area contributed by atoms with Gasteiger partial charge in [0.1, 0.15) is 0 Å². The number of carbonyl (C=O) groups is 2. The monoisotopic (exact) mass is 215 g/mol. The number of likely N-dealkylation sites (N-methyl/N-ethyl adjacent to an activating group) is 1. The fraction of sp³-hybridized carbons (Fsp3) is 0.800. The van der Waals surface area contributed by atoms with Crippen molar-refractivity contribution in [2.24, 2.45) is 0 Å². The highest BCUT2D eigenvalue weighted by Gasteiger charge is 2.23. The summed E-state index contributed by atoms with van der Waals surface area (Å²) in [6.45, 7) is 1.19. The zero-order valence-electron chi connectivity index (χ0n) is 9.19. The lowest BCUT2D eigenvalue weighted by Crippen LogP contribution is -2.40. The van der Waals surface area contributed by atoms with Gasteiger partial charge in [-0.1, -0.05) is 0 Å². The van der Waals surface area contributed by atoms with E-state index in [4.69, 9.17) is 4.74 Å². The van der Waals surface area contributed by atoms with Crippen LogP contribution in [-0.4, -0.2) is 50.2 Å². The molecule has 1 rings (SSSR count). The lowest BCUT2D eigenvalue weighted by atomic mass is 10.1. The van der Waals surface area contributed by atoms with E-state index in [9.17, 15) is 9.59 Å². The Labute approximate surface area is 89.3 Å². The number of hydrogen-bond acceptors (Lipinski definition) is 4. The summed E-state index contributed by atoms with van der Waals surface area (Å²) in [5, 5.41) is 0. The molecule has 0 aromatic heterocycles. The molecule has 5 heteroatoms. The van der Waals surface area contributed by atoms with Crippen LogP contribution in [0.5, 0.6) is 0 Å². The number of esters is 1. The summed E-state index contributed by atoms with van der Waals surface area (Å²) in [6.07, 6.45) is 3.19. The number of rotatable bonds is 2. The van der Waals surface area contributed by atoms with Crippen molar-refractivity contribution in [1.82, 2.24) is 4.90 Å². The standard InChI is InChI=1S/C10H17NO4/c1-11(9(12)10(13)14-2)7-8-5-3-4-6-15-8/h8H,3-7H2,1-2H3. The smallest absolute Gasteiger partial charge is 0.396 e. The van der Waals surface area contributed by atoms with Crippen LogP contribution in [0.15, 0.2) is 0 Å². The quantitative estimate of drug-likeness (QED) is 0.487. The average Bonchev–Trinajstić information content (AvgIpc) is 2.28. The van der Waals surface area contributed by atoms with E-state index in [1.807, 2.05) is 0 Å². The van der Waals surface area contributed by atoms with Gasteiger partial charge < -0.3 is 14.4 Å². The Kier molecular flexibility index (Phi) is 4.55. The van der Waals surface area contributed by atoms with E-state index in [-0.39, 0.29) is 6.10 Å². The molecule has 0 spiro atoms. The second kappa shape index (κ2) is 5.70. The predicted molar refractivity (Wildman–Crippen MR) is 53.2 cm³/mol. The zero-order valence-corrected chi connectivity index (χ0v) is 9.19. The van der Waals surface area contributed by atoms with Crippen LogP contribution < -0.4 is 0 Å². The number of amides is 1. The highest BCUT2D eigenvalue weighted by molar-refractivity contribution is 6.32. The molecule has 1 fully saturated rings. The lowest BCUT2D eigenvalue weighted by molar-refractivity contribution is -0.158. The van der Waals surface area contributed by atoms with Gasteiger partial charge in [-0.15, -0.1) is 0 Å². The zero-order chi connectivity index (χ0) is 11.3. The molecule has 0 saturated carbocycles. The molecule has 1 aliphatic rings. The van der Waals surface area contributed by atoms with E-state index >= 15 is 0 Å². The van der Waals surface area contributed by atoms with Gasteiger partial charge in [-0.25, -0.2) is 4.79 Å². The molecule has 1 atom stereocenters. The molecule has 15 heavy (non-hydrogen) atoms. The lowest BCUT2D eigenvalue weighted by Gasteiger charge is -2.26. The number of ether oxygens (including phenoxy) is 2. The van der Waals surface area contributed by atoms with Crippen LogP contribution in [0.4, 0.5) is 0 Å². The van der Waals surface area contributed by atoms with Gasteiger partial charge in [-0.3, -0.25) is 4.79 Å². The first kappa shape index (κ1) is 12.0. The van der Waals surface area contributed by atoms with E-state index in [0.717, 1.165) is 25.9 Å². The summed E-state index contributed by atoms with van der Waals surface area (Å²) in [6, 6.07) is 0. The molecule has 0 bridgehead atoms. The number of nitrogens with zero attached hydrogens (tertiary/aromatic N) is 1. The number of carbonyl (C=O) groups excluding carboxylic acids is 2. The third-order valence-electron chi connectivity index (χ3n) is 2.46. The van der Waals surface area contributed by atoms with Crippen molar-refractivity contribution in [2.45, 2.75) is 25.4 Å². The Morgan fingerprint density at radius 3 is 2.73 bits per heavy atom. The molecule has 1 aliphatic heterocycles. The summed E-state index contributed by atoms with van der Waals surface area (Å²) in [7, 11) is 2.78. The van der Waals surface area contributed by atoms with Crippen molar-refractivity contribution in [1.29, 1.82) is 0 Å². The van der Waals surface area contributed by atoms with Crippen LogP contribution in [0.25, 0.3) is 0 Å². The minimum Gasteiger partial charge on any atom is -0.462 e. The first-order valence-corrected chi connectivity index (χ1v) is 5.10. The van der Waals surface area contributed by atoms with E-state index in [0.29, 0.717) is 6.54 Å². The van der Waals surface area contributed by atoms with Crippen LogP contribution in [0, 0.1) is 0 Å². The van der Waals surface area contributed by atoms with Gasteiger partial charge in [-0.2, -0.15) is 0 Å². The Balaban J connectivity index is 2.36. The van der Waals surface area contributed by atoms with Gasteiger partial charge in [0.05, 0.1) is 13.2 Å². The van der Waals surface area contributed by atoms with Crippen LogP contribution in [0.2, 0.25) is 0 Å². The minimum atomic E-state index is -0.826. The average molecular weight is 215 g/mol. The van der Waals surface area contributed by atoms with E-state index in [1.54, 1.807) is 7.05 Å². The summed E-state index contributed by atoms with van der Waals surface area (Å²) in [5.74, 6) is -1.44. The first-order valence-electron chi connectivity index (χ1n) is 5.10. The third-order valence-corrected chi connectivity index (χ3v) is 2.46. The van der Waals surface area contributed by atoms with Gasteiger partial charge >= 0.3 is 11.9 Å². The van der Waals surface area contributed by atoms with E-state index in [1.165, 1.54) is 12.0 Å². The van der Waals surface area contributed by atoms with Crippen molar-refractivity contribution >= 4 is 11.9 Å². The molecule has 5 nitrogen and oxygen atoms in total. The van der Waals surface area contributed by atoms with Gasteiger partial charge in [0, 0.05) is 20.2 Å². The van der Waals surface area contributed by atoms with Gasteiger partial charge in [0.2, 0.25) is 0 Å². The Morgan fingerprint density at radius 1 is 1.47 bits per heavy atom. The maximum Gasteiger partial charge on any atom is 0.396 e. The molecule has 0 aromatic carbocycles. The van der Waals surface area contributed by atoms with Crippen molar-refractivity contribution in [3.63, 3.8) is 0 Å². The molecule has 0 aromatic rings. The van der Waals surface area contributed by atoms with Crippen molar-refractivity contribution < 1.29 is 19.1 Å². The summed E-state index contributed by atoms with van der Waals surface area (Å²) < 4.78 is 9.82. The number of hydrogen-bond donors (Lipinski definition) is 0. The van der Waals surface area contributed by atoms with Crippen molar-refractivity contribution in [3.05, 3.63) is 0 Å². The number of methoxy groups -OCH3 is 1. The molecule has 1 heterocycles. The Bertz CT molecular complexity index is 236. The molecule has 86 valence electrons. The SMILES string of the molecule is COC(=O)C(=O)N(C)CC1CCCCO1. The fourth-order valence-electron chi connectivity index (χ4n) is 1.58. The largest absolute Gasteiger partial charge is 0.462 e. The third kappa shape index (κ3) is 3.51. The Hall–Kier alpha value is -1.10. The second-order valence-electron chi connectivity index (χ2n) is 3.67. The molecule has 0 radical (unpaired) electrons. The molecule has 0 N–H and O–H groups in total. The van der Waals surface area contributed by atoms with Crippen LogP contribution in [0.1, 0.15) is 19.3 Å². The van der Waals surface area contributed by atoms with Crippen LogP contribution >= 0.6 is 0 Å². The first-order chi connectivity index (χ1) is 7.15. The summed E-state index contributed by atoms with van der Waals surface area (Å²) in [5.41, 5.74) is 0. The molecule has 1 unspecified atom stereocenters. The normalized spacial score (nSPS) is 20.8. The molecular weight excluding hydrogens is 198 g/mol. The van der Waals surface area contributed by atoms with E-state index < -0.39 is 11.9 Å². The second-order valence-corrected chi connectivity index (χ2v) is 3.67. The molecule has 1 amide bonds. The van der Waals surface area contributed by atoms with Crippen LogP contribution in [-0.2, 0) is 19.1 Å². The topological polar surface area (TPSA) is 55.8 Å².